The molecule has 1 aliphatic rings. The fourth-order valence-electron chi connectivity index (χ4n) is 4.34. The lowest BCUT2D eigenvalue weighted by Gasteiger charge is -2.40. The van der Waals surface area contributed by atoms with Gasteiger partial charge in [-0.05, 0) is 43.3 Å². The minimum absolute atomic E-state index is 0.0553. The van der Waals surface area contributed by atoms with Crippen molar-refractivity contribution < 1.29 is 9.18 Å². The number of piperazine rings is 1. The van der Waals surface area contributed by atoms with Gasteiger partial charge in [-0.2, -0.15) is 0 Å². The van der Waals surface area contributed by atoms with Gasteiger partial charge < -0.3 is 9.80 Å². The number of fused-ring (bicyclic) bond motifs is 1. The van der Waals surface area contributed by atoms with E-state index in [0.717, 1.165) is 27.8 Å². The predicted molar refractivity (Wildman–Crippen MR) is 124 cm³/mol. The maximum Gasteiger partial charge on any atom is 0.253 e. The molecule has 0 bridgehead atoms. The van der Waals surface area contributed by atoms with E-state index in [2.05, 4.69) is 22.0 Å². The molecular weight excluding hydrogens is 403 g/mol. The molecule has 5 rings (SSSR count). The van der Waals surface area contributed by atoms with Crippen molar-refractivity contribution in [1.82, 2.24) is 15.1 Å². The molecule has 1 amide bonds. The lowest BCUT2D eigenvalue weighted by atomic mass is 10.0. The summed E-state index contributed by atoms with van der Waals surface area (Å²) in [7, 11) is 0. The molecule has 32 heavy (non-hydrogen) atoms. The van der Waals surface area contributed by atoms with Crippen LogP contribution in [-0.4, -0.2) is 46.7 Å². The summed E-state index contributed by atoms with van der Waals surface area (Å²) in [5.41, 5.74) is 2.27. The summed E-state index contributed by atoms with van der Waals surface area (Å²) in [5, 5.41) is 11.1. The van der Waals surface area contributed by atoms with E-state index in [1.165, 1.54) is 12.1 Å². The Morgan fingerprint density at radius 1 is 0.875 bits per heavy atom. The van der Waals surface area contributed by atoms with E-state index >= 15 is 0 Å². The van der Waals surface area contributed by atoms with E-state index in [-0.39, 0.29) is 17.8 Å². The number of aromatic nitrogens is 2. The maximum atomic E-state index is 13.4. The van der Waals surface area contributed by atoms with Gasteiger partial charge in [0.1, 0.15) is 11.5 Å². The number of anilines is 1. The standard InChI is InChI=1S/C26H23FN4O/c1-18-17-30(26(32)20-7-3-2-4-8-20)15-16-31(18)25-23-10-6-5-9-22(23)24(28-29-25)19-11-13-21(27)14-12-19/h2-14,18H,15-17H2,1H3/t18-/m1/s1. The highest BCUT2D eigenvalue weighted by Gasteiger charge is 2.29. The summed E-state index contributed by atoms with van der Waals surface area (Å²) in [6.45, 7) is 4.01. The van der Waals surface area contributed by atoms with Gasteiger partial charge in [0.2, 0.25) is 0 Å². The second-order valence-corrected chi connectivity index (χ2v) is 8.08. The molecule has 0 radical (unpaired) electrons. The Hall–Kier alpha value is -3.80. The van der Waals surface area contributed by atoms with Gasteiger partial charge in [-0.25, -0.2) is 4.39 Å². The first kappa shape index (κ1) is 20.1. The van der Waals surface area contributed by atoms with Gasteiger partial charge in [0.05, 0.1) is 0 Å². The fraction of sp³-hybridized carbons (Fsp3) is 0.192. The van der Waals surface area contributed by atoms with Crippen LogP contribution < -0.4 is 4.90 Å². The number of benzene rings is 3. The molecule has 0 N–H and O–H groups in total. The van der Waals surface area contributed by atoms with E-state index in [0.29, 0.717) is 25.2 Å². The van der Waals surface area contributed by atoms with Gasteiger partial charge in [0, 0.05) is 47.6 Å². The van der Waals surface area contributed by atoms with E-state index in [1.807, 2.05) is 59.5 Å². The van der Waals surface area contributed by atoms with Crippen molar-refractivity contribution in [3.8, 4) is 11.3 Å². The second-order valence-electron chi connectivity index (χ2n) is 8.08. The Bertz CT molecular complexity index is 1260. The minimum Gasteiger partial charge on any atom is -0.348 e. The number of nitrogens with zero attached hydrogens (tertiary/aromatic N) is 4. The molecule has 3 aromatic carbocycles. The fourth-order valence-corrected chi connectivity index (χ4v) is 4.34. The largest absolute Gasteiger partial charge is 0.348 e. The lowest BCUT2D eigenvalue weighted by Crippen LogP contribution is -2.54. The van der Waals surface area contributed by atoms with Crippen molar-refractivity contribution in [1.29, 1.82) is 0 Å². The summed E-state index contributed by atoms with van der Waals surface area (Å²) >= 11 is 0. The number of hydrogen-bond acceptors (Lipinski definition) is 4. The predicted octanol–water partition coefficient (Wildman–Crippen LogP) is 4.79. The third-order valence-corrected chi connectivity index (χ3v) is 5.99. The lowest BCUT2D eigenvalue weighted by molar-refractivity contribution is 0.0726. The average molecular weight is 426 g/mol. The number of carbonyl (C=O) groups is 1. The van der Waals surface area contributed by atoms with E-state index in [9.17, 15) is 9.18 Å². The van der Waals surface area contributed by atoms with E-state index < -0.39 is 0 Å². The van der Waals surface area contributed by atoms with E-state index in [4.69, 9.17) is 0 Å². The van der Waals surface area contributed by atoms with Crippen LogP contribution in [0.25, 0.3) is 22.0 Å². The Labute approximate surface area is 186 Å². The highest BCUT2D eigenvalue weighted by Crippen LogP contribution is 2.33. The zero-order chi connectivity index (χ0) is 22.1. The molecule has 4 aromatic rings. The summed E-state index contributed by atoms with van der Waals surface area (Å²) in [5.74, 6) is 0.588. The van der Waals surface area contributed by atoms with Crippen LogP contribution in [0.15, 0.2) is 78.9 Å². The van der Waals surface area contributed by atoms with Crippen molar-refractivity contribution >= 4 is 22.5 Å². The second kappa shape index (κ2) is 8.38. The summed E-state index contributed by atoms with van der Waals surface area (Å²) in [6, 6.07) is 23.8. The third-order valence-electron chi connectivity index (χ3n) is 5.99. The summed E-state index contributed by atoms with van der Waals surface area (Å²) in [4.78, 5) is 17.0. The van der Waals surface area contributed by atoms with Gasteiger partial charge in [-0.1, -0.05) is 42.5 Å². The number of amides is 1. The topological polar surface area (TPSA) is 49.3 Å². The minimum atomic E-state index is -0.278. The molecule has 2 heterocycles. The first-order chi connectivity index (χ1) is 15.6. The monoisotopic (exact) mass is 426 g/mol. The molecule has 0 aliphatic carbocycles. The zero-order valence-electron chi connectivity index (χ0n) is 17.8. The zero-order valence-corrected chi connectivity index (χ0v) is 17.8. The Balaban J connectivity index is 1.45. The molecule has 1 fully saturated rings. The smallest absolute Gasteiger partial charge is 0.253 e. The van der Waals surface area contributed by atoms with Gasteiger partial charge in [-0.15, -0.1) is 10.2 Å². The number of halogens is 1. The van der Waals surface area contributed by atoms with Crippen molar-refractivity contribution in [2.75, 3.05) is 24.5 Å². The van der Waals surface area contributed by atoms with Crippen LogP contribution in [0.3, 0.4) is 0 Å². The number of rotatable bonds is 3. The van der Waals surface area contributed by atoms with Crippen LogP contribution in [0.1, 0.15) is 17.3 Å². The molecule has 0 saturated carbocycles. The van der Waals surface area contributed by atoms with Crippen molar-refractivity contribution in [3.63, 3.8) is 0 Å². The number of hydrogen-bond donors (Lipinski definition) is 0. The quantitative estimate of drug-likeness (QED) is 0.473. The molecule has 1 atom stereocenters. The Kier molecular flexibility index (Phi) is 5.27. The average Bonchev–Trinajstić information content (AvgIpc) is 2.84. The first-order valence-corrected chi connectivity index (χ1v) is 10.7. The SMILES string of the molecule is C[C@@H]1CN(C(=O)c2ccccc2)CCN1c1nnc(-c2ccc(F)cc2)c2ccccc12. The summed E-state index contributed by atoms with van der Waals surface area (Å²) < 4.78 is 13.4. The van der Waals surface area contributed by atoms with Crippen LogP contribution in [0, 0.1) is 5.82 Å². The highest BCUT2D eigenvalue weighted by molar-refractivity contribution is 6.00. The molecule has 0 unspecified atom stereocenters. The Morgan fingerprint density at radius 2 is 1.56 bits per heavy atom. The first-order valence-electron chi connectivity index (χ1n) is 10.7. The van der Waals surface area contributed by atoms with Crippen LogP contribution in [0.2, 0.25) is 0 Å². The molecule has 0 spiro atoms. The van der Waals surface area contributed by atoms with Gasteiger partial charge in [-0.3, -0.25) is 4.79 Å². The molecule has 1 saturated heterocycles. The van der Waals surface area contributed by atoms with Gasteiger partial charge in [0.15, 0.2) is 5.82 Å². The van der Waals surface area contributed by atoms with Crippen LogP contribution in [-0.2, 0) is 0 Å². The molecule has 1 aliphatic heterocycles. The van der Waals surface area contributed by atoms with Crippen molar-refractivity contribution in [2.24, 2.45) is 0 Å². The van der Waals surface area contributed by atoms with Gasteiger partial charge in [0.25, 0.3) is 5.91 Å². The van der Waals surface area contributed by atoms with E-state index in [1.54, 1.807) is 12.1 Å². The van der Waals surface area contributed by atoms with Crippen molar-refractivity contribution in [2.45, 2.75) is 13.0 Å². The molecule has 6 heteroatoms. The Morgan fingerprint density at radius 3 is 2.28 bits per heavy atom. The van der Waals surface area contributed by atoms with Gasteiger partial charge >= 0.3 is 0 Å². The molecule has 1 aromatic heterocycles. The third kappa shape index (κ3) is 3.68. The summed E-state index contributed by atoms with van der Waals surface area (Å²) in [6.07, 6.45) is 0. The van der Waals surface area contributed by atoms with Crippen LogP contribution in [0.4, 0.5) is 10.2 Å². The molecule has 5 nitrogen and oxygen atoms in total. The van der Waals surface area contributed by atoms with Crippen LogP contribution in [0.5, 0.6) is 0 Å². The molecule has 160 valence electrons. The highest BCUT2D eigenvalue weighted by atomic mass is 19.1. The number of carbonyl (C=O) groups excluding carboxylic acids is 1. The molecular formula is C26H23FN4O. The normalized spacial score (nSPS) is 16.4. The maximum absolute atomic E-state index is 13.4. The van der Waals surface area contributed by atoms with Crippen LogP contribution >= 0.6 is 0 Å². The van der Waals surface area contributed by atoms with Crippen molar-refractivity contribution in [3.05, 3.63) is 90.2 Å².